The van der Waals surface area contributed by atoms with Crippen molar-refractivity contribution in [2.75, 3.05) is 28.7 Å². The molecule has 0 bridgehead atoms. The number of nitrogens with zero attached hydrogens (tertiary/aromatic N) is 1. The van der Waals surface area contributed by atoms with Gasteiger partial charge in [0.15, 0.2) is 0 Å². The standard InChI is InChI=1S/C21H23N3O5/c1-4-29-21(28)18-7-5-6-8-19(18)24(15(3)26)13-20(27)23-17-11-9-16(10-12-17)22-14(2)25/h5-12H,4,13H2,1-3H3,(H,22,25)(H,23,27). The number of rotatable bonds is 7. The Hall–Kier alpha value is -3.68. The number of hydrogen-bond donors (Lipinski definition) is 2. The lowest BCUT2D eigenvalue weighted by Crippen LogP contribution is -2.37. The van der Waals surface area contributed by atoms with Crippen LogP contribution in [0.3, 0.4) is 0 Å². The van der Waals surface area contributed by atoms with Gasteiger partial charge in [-0.15, -0.1) is 0 Å². The van der Waals surface area contributed by atoms with E-state index < -0.39 is 17.8 Å². The number of hydrogen-bond acceptors (Lipinski definition) is 5. The summed E-state index contributed by atoms with van der Waals surface area (Å²) in [6.07, 6.45) is 0. The summed E-state index contributed by atoms with van der Waals surface area (Å²) >= 11 is 0. The predicted molar refractivity (Wildman–Crippen MR) is 110 cm³/mol. The van der Waals surface area contributed by atoms with Gasteiger partial charge in [-0.3, -0.25) is 14.4 Å². The Kier molecular flexibility index (Phi) is 7.47. The highest BCUT2D eigenvalue weighted by Crippen LogP contribution is 2.22. The molecule has 0 radical (unpaired) electrons. The third kappa shape index (κ3) is 6.17. The lowest BCUT2D eigenvalue weighted by atomic mass is 10.1. The van der Waals surface area contributed by atoms with E-state index in [0.717, 1.165) is 0 Å². The topological polar surface area (TPSA) is 105 Å². The molecule has 0 spiro atoms. The van der Waals surface area contributed by atoms with E-state index in [1.54, 1.807) is 55.5 Å². The number of para-hydroxylation sites is 1. The Labute approximate surface area is 168 Å². The van der Waals surface area contributed by atoms with Crippen LogP contribution < -0.4 is 15.5 Å². The normalized spacial score (nSPS) is 10.0. The van der Waals surface area contributed by atoms with E-state index in [4.69, 9.17) is 4.74 Å². The average molecular weight is 397 g/mol. The van der Waals surface area contributed by atoms with Crippen molar-refractivity contribution in [3.63, 3.8) is 0 Å². The molecule has 8 heteroatoms. The largest absolute Gasteiger partial charge is 0.462 e. The zero-order valence-corrected chi connectivity index (χ0v) is 16.5. The minimum absolute atomic E-state index is 0.195. The van der Waals surface area contributed by atoms with Crippen molar-refractivity contribution < 1.29 is 23.9 Å². The zero-order chi connectivity index (χ0) is 21.4. The van der Waals surface area contributed by atoms with Crippen LogP contribution in [-0.2, 0) is 19.1 Å². The number of ether oxygens (including phenoxy) is 1. The predicted octanol–water partition coefficient (Wildman–Crippen LogP) is 2.81. The fourth-order valence-corrected chi connectivity index (χ4v) is 2.64. The highest BCUT2D eigenvalue weighted by atomic mass is 16.5. The molecule has 0 aromatic heterocycles. The number of amides is 3. The van der Waals surface area contributed by atoms with Crippen LogP contribution in [-0.4, -0.2) is 36.8 Å². The molecule has 0 heterocycles. The summed E-state index contributed by atoms with van der Waals surface area (Å²) in [5, 5.41) is 5.32. The van der Waals surface area contributed by atoms with Gasteiger partial charge in [0.2, 0.25) is 17.7 Å². The molecule has 2 aromatic rings. The Bertz CT molecular complexity index is 909. The molecule has 152 valence electrons. The van der Waals surface area contributed by atoms with Crippen molar-refractivity contribution in [2.45, 2.75) is 20.8 Å². The van der Waals surface area contributed by atoms with E-state index >= 15 is 0 Å². The number of nitrogens with one attached hydrogen (secondary N) is 2. The molecule has 2 N–H and O–H groups in total. The number of carbonyl (C=O) groups is 4. The number of esters is 1. The van der Waals surface area contributed by atoms with Gasteiger partial charge in [0.05, 0.1) is 17.9 Å². The Morgan fingerprint density at radius 1 is 0.897 bits per heavy atom. The third-order valence-electron chi connectivity index (χ3n) is 3.86. The molecule has 2 rings (SSSR count). The van der Waals surface area contributed by atoms with Crippen molar-refractivity contribution in [2.24, 2.45) is 0 Å². The van der Waals surface area contributed by atoms with Crippen LogP contribution in [0.1, 0.15) is 31.1 Å². The first kappa shape index (κ1) is 21.6. The van der Waals surface area contributed by atoms with Crippen LogP contribution in [0.15, 0.2) is 48.5 Å². The Morgan fingerprint density at radius 2 is 1.48 bits per heavy atom. The van der Waals surface area contributed by atoms with E-state index in [2.05, 4.69) is 10.6 Å². The molecule has 0 aliphatic heterocycles. The quantitative estimate of drug-likeness (QED) is 0.699. The van der Waals surface area contributed by atoms with Crippen LogP contribution in [0.25, 0.3) is 0 Å². The maximum Gasteiger partial charge on any atom is 0.340 e. The van der Waals surface area contributed by atoms with Gasteiger partial charge in [0.25, 0.3) is 0 Å². The molecule has 0 saturated carbocycles. The number of benzene rings is 2. The number of carbonyl (C=O) groups excluding carboxylic acids is 4. The average Bonchev–Trinajstić information content (AvgIpc) is 2.67. The lowest BCUT2D eigenvalue weighted by molar-refractivity contribution is -0.120. The summed E-state index contributed by atoms with van der Waals surface area (Å²) in [4.78, 5) is 49.1. The molecular weight excluding hydrogens is 374 g/mol. The molecule has 0 saturated heterocycles. The van der Waals surface area contributed by atoms with Gasteiger partial charge in [-0.2, -0.15) is 0 Å². The molecule has 0 atom stereocenters. The minimum atomic E-state index is -0.566. The van der Waals surface area contributed by atoms with Crippen molar-refractivity contribution in [3.05, 3.63) is 54.1 Å². The van der Waals surface area contributed by atoms with Crippen molar-refractivity contribution in [3.8, 4) is 0 Å². The highest BCUT2D eigenvalue weighted by molar-refractivity contribution is 6.06. The summed E-state index contributed by atoms with van der Waals surface area (Å²) in [6.45, 7) is 4.33. The summed E-state index contributed by atoms with van der Waals surface area (Å²) in [5.74, 6) is -1.59. The van der Waals surface area contributed by atoms with Gasteiger partial charge < -0.3 is 20.3 Å². The lowest BCUT2D eigenvalue weighted by Gasteiger charge is -2.23. The fraction of sp³-hybridized carbons (Fsp3) is 0.238. The molecule has 29 heavy (non-hydrogen) atoms. The first-order valence-electron chi connectivity index (χ1n) is 9.03. The van der Waals surface area contributed by atoms with Gasteiger partial charge >= 0.3 is 5.97 Å². The van der Waals surface area contributed by atoms with Crippen LogP contribution >= 0.6 is 0 Å². The summed E-state index contributed by atoms with van der Waals surface area (Å²) in [6, 6.07) is 13.0. The Morgan fingerprint density at radius 3 is 2.03 bits per heavy atom. The maximum atomic E-state index is 12.5. The zero-order valence-electron chi connectivity index (χ0n) is 16.5. The molecule has 8 nitrogen and oxygen atoms in total. The van der Waals surface area contributed by atoms with Gasteiger partial charge in [0.1, 0.15) is 6.54 Å². The minimum Gasteiger partial charge on any atom is -0.462 e. The molecule has 0 fully saturated rings. The second kappa shape index (κ2) is 10.0. The van der Waals surface area contributed by atoms with Gasteiger partial charge in [-0.1, -0.05) is 12.1 Å². The molecule has 3 amide bonds. The molecule has 0 aliphatic rings. The van der Waals surface area contributed by atoms with Crippen molar-refractivity contribution in [1.29, 1.82) is 0 Å². The third-order valence-corrected chi connectivity index (χ3v) is 3.86. The van der Waals surface area contributed by atoms with Crippen LogP contribution in [0.4, 0.5) is 17.1 Å². The second-order valence-corrected chi connectivity index (χ2v) is 6.15. The van der Waals surface area contributed by atoms with Crippen molar-refractivity contribution in [1.82, 2.24) is 0 Å². The van der Waals surface area contributed by atoms with Crippen LogP contribution in [0, 0.1) is 0 Å². The summed E-state index contributed by atoms with van der Waals surface area (Å²) in [7, 11) is 0. The van der Waals surface area contributed by atoms with E-state index in [-0.39, 0.29) is 24.6 Å². The van der Waals surface area contributed by atoms with Gasteiger partial charge in [0, 0.05) is 25.2 Å². The van der Waals surface area contributed by atoms with E-state index in [1.807, 2.05) is 0 Å². The summed E-state index contributed by atoms with van der Waals surface area (Å²) in [5.41, 5.74) is 1.61. The Balaban J connectivity index is 2.15. The van der Waals surface area contributed by atoms with Crippen molar-refractivity contribution >= 4 is 40.8 Å². The second-order valence-electron chi connectivity index (χ2n) is 6.15. The molecular formula is C21H23N3O5. The molecule has 2 aromatic carbocycles. The fourth-order valence-electron chi connectivity index (χ4n) is 2.64. The van der Waals surface area contributed by atoms with E-state index in [9.17, 15) is 19.2 Å². The summed E-state index contributed by atoms with van der Waals surface area (Å²) < 4.78 is 5.03. The smallest absolute Gasteiger partial charge is 0.340 e. The number of anilines is 3. The van der Waals surface area contributed by atoms with Gasteiger partial charge in [-0.25, -0.2) is 4.79 Å². The molecule has 0 unspecified atom stereocenters. The maximum absolute atomic E-state index is 12.5. The van der Waals surface area contributed by atoms with Crippen LogP contribution in [0.5, 0.6) is 0 Å². The van der Waals surface area contributed by atoms with E-state index in [1.165, 1.54) is 18.7 Å². The van der Waals surface area contributed by atoms with E-state index in [0.29, 0.717) is 17.1 Å². The SMILES string of the molecule is CCOC(=O)c1ccccc1N(CC(=O)Nc1ccc(NC(C)=O)cc1)C(C)=O. The monoisotopic (exact) mass is 397 g/mol. The highest BCUT2D eigenvalue weighted by Gasteiger charge is 2.22. The van der Waals surface area contributed by atoms with Gasteiger partial charge in [-0.05, 0) is 43.3 Å². The first-order valence-corrected chi connectivity index (χ1v) is 9.03. The molecule has 0 aliphatic carbocycles. The first-order chi connectivity index (χ1) is 13.8. The van der Waals surface area contributed by atoms with Crippen LogP contribution in [0.2, 0.25) is 0 Å².